The zero-order valence-electron chi connectivity index (χ0n) is 14.8. The molecule has 7 nitrogen and oxygen atoms in total. The van der Waals surface area contributed by atoms with Crippen molar-refractivity contribution >= 4 is 34.6 Å². The first kappa shape index (κ1) is 17.3. The molecule has 5 rings (SSSR count). The van der Waals surface area contributed by atoms with E-state index in [1.165, 1.54) is 0 Å². The van der Waals surface area contributed by atoms with Crippen LogP contribution >= 0.6 is 0 Å². The van der Waals surface area contributed by atoms with Gasteiger partial charge in [0.2, 0.25) is 10.0 Å². The molecule has 0 unspecified atom stereocenters. The van der Waals surface area contributed by atoms with E-state index in [0.717, 1.165) is 21.2 Å². The molecule has 1 radical (unpaired) electrons. The maximum absolute atomic E-state index is 12.5. The molecule has 0 saturated heterocycles. The van der Waals surface area contributed by atoms with Gasteiger partial charge in [-0.05, 0) is 36.5 Å². The van der Waals surface area contributed by atoms with Crippen LogP contribution < -0.4 is 9.38 Å². The van der Waals surface area contributed by atoms with E-state index in [1.807, 2.05) is 6.08 Å². The van der Waals surface area contributed by atoms with E-state index in [4.69, 9.17) is 4.65 Å². The Morgan fingerprint density at radius 3 is 2.82 bits per heavy atom. The Bertz CT molecular complexity index is 1180. The van der Waals surface area contributed by atoms with Gasteiger partial charge in [-0.25, -0.2) is 18.1 Å². The Balaban J connectivity index is 1.40. The van der Waals surface area contributed by atoms with Crippen LogP contribution in [-0.4, -0.2) is 36.9 Å². The van der Waals surface area contributed by atoms with Gasteiger partial charge in [-0.3, -0.25) is 0 Å². The third-order valence-electron chi connectivity index (χ3n) is 5.32. The molecule has 3 heterocycles. The summed E-state index contributed by atoms with van der Waals surface area (Å²) in [4.78, 5) is 4.56. The molecule has 28 heavy (non-hydrogen) atoms. The number of nitrogens with zero attached hydrogens (tertiary/aromatic N) is 2. The van der Waals surface area contributed by atoms with Crippen molar-refractivity contribution in [2.45, 2.75) is 29.7 Å². The van der Waals surface area contributed by atoms with E-state index >= 15 is 0 Å². The Morgan fingerprint density at radius 1 is 1.25 bits per heavy atom. The molecule has 1 aliphatic carbocycles. The van der Waals surface area contributed by atoms with Gasteiger partial charge in [0, 0.05) is 23.2 Å². The average Bonchev–Trinajstić information content (AvgIpc) is 3.02. The third kappa shape index (κ3) is 2.78. The van der Waals surface area contributed by atoms with Gasteiger partial charge in [0.25, 0.3) is 0 Å². The van der Waals surface area contributed by atoms with Crippen molar-refractivity contribution in [2.24, 2.45) is 0 Å². The first-order chi connectivity index (χ1) is 13.5. The lowest BCUT2D eigenvalue weighted by Crippen LogP contribution is -2.43. The number of nitrogens with one attached hydrogen (secondary N) is 1. The van der Waals surface area contributed by atoms with E-state index in [-0.39, 0.29) is 16.9 Å². The summed E-state index contributed by atoms with van der Waals surface area (Å²) in [6.45, 7) is 0. The van der Waals surface area contributed by atoms with Gasteiger partial charge in [0.1, 0.15) is 5.75 Å². The molecule has 1 aromatic carbocycles. The van der Waals surface area contributed by atoms with Gasteiger partial charge >= 0.3 is 7.48 Å². The standard InChI is InChI=1S/C19H17BN3O4S/c24-23-11-16(18-15-6-7-20-27-17(15)10-21-19(18)23)12-8-13(9-12)22-28(25,26)14-4-2-1-3-5-14/h1-7,10-13,22,24H,8-9H2. The van der Waals surface area contributed by atoms with Crippen LogP contribution in [0.5, 0.6) is 5.75 Å². The maximum Gasteiger partial charge on any atom is 0.401 e. The highest BCUT2D eigenvalue weighted by atomic mass is 32.2. The van der Waals surface area contributed by atoms with Crippen LogP contribution in [0.2, 0.25) is 0 Å². The van der Waals surface area contributed by atoms with Gasteiger partial charge in [-0.2, -0.15) is 4.73 Å². The second kappa shape index (κ2) is 6.39. The van der Waals surface area contributed by atoms with E-state index in [0.29, 0.717) is 24.2 Å². The lowest BCUT2D eigenvalue weighted by molar-refractivity contribution is 0.196. The van der Waals surface area contributed by atoms with Gasteiger partial charge in [0.05, 0.1) is 11.1 Å². The highest BCUT2D eigenvalue weighted by Crippen LogP contribution is 2.43. The average molecular weight is 394 g/mol. The van der Waals surface area contributed by atoms with Crippen molar-refractivity contribution in [3.63, 3.8) is 0 Å². The Hall–Kier alpha value is -2.78. The molecule has 0 atom stereocenters. The van der Waals surface area contributed by atoms with Crippen molar-refractivity contribution in [2.75, 3.05) is 0 Å². The quantitative estimate of drug-likeness (QED) is 0.524. The fourth-order valence-electron chi connectivity index (χ4n) is 3.89. The molecule has 2 N–H and O–H groups in total. The predicted octanol–water partition coefficient (Wildman–Crippen LogP) is 2.48. The molecule has 2 aromatic heterocycles. The highest BCUT2D eigenvalue weighted by molar-refractivity contribution is 7.89. The zero-order valence-corrected chi connectivity index (χ0v) is 15.6. The van der Waals surface area contributed by atoms with Crippen molar-refractivity contribution < 1.29 is 18.3 Å². The van der Waals surface area contributed by atoms with Crippen molar-refractivity contribution in [3.05, 3.63) is 59.8 Å². The van der Waals surface area contributed by atoms with Gasteiger partial charge < -0.3 is 9.86 Å². The number of benzene rings is 1. The molecule has 1 fully saturated rings. The fourth-order valence-corrected chi connectivity index (χ4v) is 5.17. The molecule has 1 saturated carbocycles. The fraction of sp³-hybridized carbons (Fsp3) is 0.211. The SMILES string of the molecule is O=S(=O)(NC1CC(c2cn(O)c3ncc4c(c23)C=C[B]O4)C1)c1ccccc1. The largest absolute Gasteiger partial charge is 0.557 e. The normalized spacial score (nSPS) is 20.9. The van der Waals surface area contributed by atoms with Crippen molar-refractivity contribution in [3.8, 4) is 5.75 Å². The van der Waals surface area contributed by atoms with Gasteiger partial charge in [0.15, 0.2) is 5.65 Å². The number of aromatic nitrogens is 2. The topological polar surface area (TPSA) is 93.5 Å². The summed E-state index contributed by atoms with van der Waals surface area (Å²) in [7, 11) is -1.94. The molecule has 1 aliphatic heterocycles. The summed E-state index contributed by atoms with van der Waals surface area (Å²) < 4.78 is 34.3. The number of hydrogen-bond donors (Lipinski definition) is 2. The highest BCUT2D eigenvalue weighted by Gasteiger charge is 2.36. The molecule has 9 heteroatoms. The van der Waals surface area contributed by atoms with E-state index in [9.17, 15) is 13.6 Å². The molecule has 141 valence electrons. The maximum atomic E-state index is 12.5. The minimum absolute atomic E-state index is 0.131. The smallest absolute Gasteiger partial charge is 0.401 e. The minimum atomic E-state index is -3.53. The summed E-state index contributed by atoms with van der Waals surface area (Å²) in [6.07, 6.45) is 6.50. The van der Waals surface area contributed by atoms with Crippen molar-refractivity contribution in [1.82, 2.24) is 14.4 Å². The summed E-state index contributed by atoms with van der Waals surface area (Å²) >= 11 is 0. The number of hydrogen-bond acceptors (Lipinski definition) is 5. The number of pyridine rings is 1. The molecule has 0 amide bonds. The van der Waals surface area contributed by atoms with E-state index < -0.39 is 10.0 Å². The first-order valence-electron chi connectivity index (χ1n) is 9.00. The van der Waals surface area contributed by atoms with Crippen LogP contribution in [0.15, 0.2) is 53.6 Å². The van der Waals surface area contributed by atoms with Crippen molar-refractivity contribution in [1.29, 1.82) is 0 Å². The predicted molar refractivity (Wildman–Crippen MR) is 105 cm³/mol. The van der Waals surface area contributed by atoms with E-state index in [2.05, 4.69) is 9.71 Å². The first-order valence-corrected chi connectivity index (χ1v) is 10.5. The second-order valence-electron chi connectivity index (χ2n) is 7.08. The summed E-state index contributed by atoms with van der Waals surface area (Å²) in [5.74, 6) is 2.58. The summed E-state index contributed by atoms with van der Waals surface area (Å²) in [5.41, 5.74) is 2.30. The van der Waals surface area contributed by atoms with E-state index in [1.54, 1.807) is 56.2 Å². The molecular formula is C19H17BN3O4S. The van der Waals surface area contributed by atoms with Crippen LogP contribution in [0.4, 0.5) is 0 Å². The Morgan fingerprint density at radius 2 is 2.04 bits per heavy atom. The van der Waals surface area contributed by atoms with Crippen LogP contribution in [0.25, 0.3) is 17.1 Å². The van der Waals surface area contributed by atoms with Crippen LogP contribution in [0.3, 0.4) is 0 Å². The van der Waals surface area contributed by atoms with Crippen LogP contribution in [0.1, 0.15) is 29.9 Å². The number of rotatable bonds is 4. The molecule has 0 spiro atoms. The van der Waals surface area contributed by atoms with Crippen LogP contribution in [0, 0.1) is 0 Å². The summed E-state index contributed by atoms with van der Waals surface area (Å²) in [5, 5.41) is 11.1. The molecule has 0 bridgehead atoms. The molecular weight excluding hydrogens is 377 g/mol. The number of sulfonamides is 1. The molecule has 3 aromatic rings. The number of fused-ring (bicyclic) bond motifs is 3. The Kier molecular flexibility index (Phi) is 3.95. The Labute approximate surface area is 162 Å². The van der Waals surface area contributed by atoms with Gasteiger partial charge in [-0.1, -0.05) is 30.3 Å². The van der Waals surface area contributed by atoms with Gasteiger partial charge in [-0.15, -0.1) is 0 Å². The lowest BCUT2D eigenvalue weighted by atomic mass is 9.76. The third-order valence-corrected chi connectivity index (χ3v) is 6.86. The monoisotopic (exact) mass is 394 g/mol. The lowest BCUT2D eigenvalue weighted by Gasteiger charge is -2.35. The second-order valence-corrected chi connectivity index (χ2v) is 8.79. The zero-order chi connectivity index (χ0) is 19.3. The minimum Gasteiger partial charge on any atom is -0.557 e. The van der Waals surface area contributed by atoms with Crippen LogP contribution in [-0.2, 0) is 10.0 Å². The summed E-state index contributed by atoms with van der Waals surface area (Å²) in [6, 6.07) is 8.22. The molecule has 2 aliphatic rings.